The van der Waals surface area contributed by atoms with Crippen LogP contribution in [0.4, 0.5) is 0 Å². The Morgan fingerprint density at radius 2 is 1.25 bits per heavy atom. The highest BCUT2D eigenvalue weighted by molar-refractivity contribution is 5.97. The number of aliphatic hydroxyl groups excluding tert-OH is 4. The number of hydrogen-bond acceptors (Lipinski definition) is 17. The first kappa shape index (κ1) is 61.3. The van der Waals surface area contributed by atoms with Gasteiger partial charge in [0.05, 0.1) is 30.9 Å². The first-order chi connectivity index (χ1) is 33.6. The highest BCUT2D eigenvalue weighted by Gasteiger charge is 2.37. The quantitative estimate of drug-likeness (QED) is 0.0612. The third kappa shape index (κ3) is 21.2. The average molecular weight is 1010 g/mol. The van der Waals surface area contributed by atoms with Gasteiger partial charge in [-0.3, -0.25) is 48.5 Å². The molecule has 1 heterocycles. The Kier molecular flexibility index (Phi) is 27.1. The van der Waals surface area contributed by atoms with E-state index in [1.165, 1.54) is 13.8 Å². The molecule has 1 fully saturated rings. The van der Waals surface area contributed by atoms with Gasteiger partial charge in [-0.1, -0.05) is 44.2 Å². The van der Waals surface area contributed by atoms with Crippen molar-refractivity contribution in [1.82, 2.24) is 53.2 Å². The van der Waals surface area contributed by atoms with Gasteiger partial charge in [0.1, 0.15) is 48.5 Å². The molecule has 71 heavy (non-hydrogen) atoms. The van der Waals surface area contributed by atoms with Crippen LogP contribution in [0, 0.1) is 5.92 Å². The van der Waals surface area contributed by atoms with Gasteiger partial charge >= 0.3 is 0 Å². The van der Waals surface area contributed by atoms with E-state index in [9.17, 15) is 63.6 Å². The van der Waals surface area contributed by atoms with Gasteiger partial charge in [-0.05, 0) is 89.9 Å². The number of rotatable bonds is 19. The van der Waals surface area contributed by atoms with Crippen molar-refractivity contribution in [1.29, 1.82) is 0 Å². The molecule has 26 nitrogen and oxygen atoms in total. The molecule has 20 N–H and O–H groups in total. The summed E-state index contributed by atoms with van der Waals surface area (Å²) in [7, 11) is 0. The Bertz CT molecular complexity index is 1910. The van der Waals surface area contributed by atoms with Crippen molar-refractivity contribution in [3.8, 4) is 0 Å². The summed E-state index contributed by atoms with van der Waals surface area (Å²) in [5, 5.41) is 67.9. The fourth-order valence-electron chi connectivity index (χ4n) is 7.45. The number of carbonyl (C=O) groups excluding carboxylic acids is 9. The molecular weight excluding hydrogens is 931 g/mol. The predicted octanol–water partition coefficient (Wildman–Crippen LogP) is -6.84. The number of aliphatic hydroxyl groups is 4. The summed E-state index contributed by atoms with van der Waals surface area (Å²) in [5.74, 6) is -8.37. The molecule has 1 aliphatic heterocycles. The van der Waals surface area contributed by atoms with E-state index < -0.39 is 146 Å². The molecule has 1 aromatic rings. The van der Waals surface area contributed by atoms with E-state index in [1.54, 1.807) is 30.3 Å². The Balaban J connectivity index is 2.74. The van der Waals surface area contributed by atoms with Gasteiger partial charge in [-0.25, -0.2) is 0 Å². The molecular formula is C45H77N13O13. The molecule has 2 rings (SSSR count). The van der Waals surface area contributed by atoms with Crippen molar-refractivity contribution in [2.75, 3.05) is 32.8 Å². The Labute approximate surface area is 413 Å². The maximum absolute atomic E-state index is 14.2. The van der Waals surface area contributed by atoms with Crippen LogP contribution in [-0.4, -0.2) is 179 Å². The third-order valence-electron chi connectivity index (χ3n) is 11.3. The summed E-state index contributed by atoms with van der Waals surface area (Å²) in [6.07, 6.45) is -5.03. The molecule has 1 aromatic carbocycles. The minimum atomic E-state index is -1.77. The molecule has 1 unspecified atom stereocenters. The fraction of sp³-hybridized carbons (Fsp3) is 0.667. The lowest BCUT2D eigenvalue weighted by molar-refractivity contribution is -0.136. The molecule has 0 aliphatic carbocycles. The lowest BCUT2D eigenvalue weighted by atomic mass is 9.99. The van der Waals surface area contributed by atoms with E-state index in [1.807, 2.05) is 13.8 Å². The molecule has 0 aromatic heterocycles. The van der Waals surface area contributed by atoms with Gasteiger partial charge in [0.15, 0.2) is 0 Å². The molecule has 0 radical (unpaired) electrons. The van der Waals surface area contributed by atoms with Crippen molar-refractivity contribution in [3.05, 3.63) is 35.9 Å². The second kappa shape index (κ2) is 31.5. The van der Waals surface area contributed by atoms with Crippen molar-refractivity contribution in [2.45, 2.75) is 152 Å². The van der Waals surface area contributed by atoms with E-state index in [-0.39, 0.29) is 64.1 Å². The zero-order valence-electron chi connectivity index (χ0n) is 41.1. The van der Waals surface area contributed by atoms with Crippen LogP contribution in [0.2, 0.25) is 0 Å². The Hall–Kier alpha value is -5.87. The Morgan fingerprint density at radius 3 is 1.77 bits per heavy atom. The van der Waals surface area contributed by atoms with Gasteiger partial charge in [0, 0.05) is 13.5 Å². The number of carbonyl (C=O) groups is 9. The number of hydrogen-bond donors (Lipinski definition) is 17. The maximum atomic E-state index is 14.2. The summed E-state index contributed by atoms with van der Waals surface area (Å²) < 4.78 is 0. The predicted molar refractivity (Wildman–Crippen MR) is 257 cm³/mol. The van der Waals surface area contributed by atoms with Crippen LogP contribution in [0.3, 0.4) is 0 Å². The number of amides is 9. The average Bonchev–Trinajstić information content (AvgIpc) is 3.30. The second-order valence-corrected chi connectivity index (χ2v) is 17.9. The highest BCUT2D eigenvalue weighted by Crippen LogP contribution is 2.13. The maximum Gasteiger partial charge on any atom is 0.245 e. The standard InChI is InChI=1S/C45H77N13O13/c1-23(2)20-32-41(67)51-28(12-9-16-46)37(63)53-30(14-18-48)40(66)58-35(24(3)60)44(70)49-19-15-31(54-43(69)34(22-59)57-45(71)36(25(4)61)50-26(5)62)39(65)52-29(13-17-47)38(64)56-33(42(68)55-32)21-27-10-7-6-8-11-27/h6-8,10-11,23-25,28-36,42,55,59-61,68H,9,12-22,46-48H2,1-5H3,(H,49,70)(H,50,62)(H,51,67)(H,52,65)(H,53,63)(H,54,69)(H,56,64)(H,57,71)(H,58,66)/t24-,25-,28+,29+,30+,31+,32+,33-,34-,35+,36+,42?/m1/s1. The van der Waals surface area contributed by atoms with Crippen LogP contribution in [0.25, 0.3) is 0 Å². The molecule has 26 heteroatoms. The first-order valence-electron chi connectivity index (χ1n) is 23.8. The van der Waals surface area contributed by atoms with E-state index in [2.05, 4.69) is 53.2 Å². The Morgan fingerprint density at radius 1 is 0.704 bits per heavy atom. The lowest BCUT2D eigenvalue weighted by Crippen LogP contribution is -2.62. The van der Waals surface area contributed by atoms with Gasteiger partial charge < -0.3 is 85.5 Å². The fourth-order valence-corrected chi connectivity index (χ4v) is 7.45. The van der Waals surface area contributed by atoms with E-state index in [0.717, 1.165) is 6.92 Å². The third-order valence-corrected chi connectivity index (χ3v) is 11.3. The van der Waals surface area contributed by atoms with Crippen LogP contribution in [0.15, 0.2) is 30.3 Å². The zero-order valence-corrected chi connectivity index (χ0v) is 41.1. The van der Waals surface area contributed by atoms with Crippen LogP contribution in [0.1, 0.15) is 78.7 Å². The van der Waals surface area contributed by atoms with Crippen LogP contribution >= 0.6 is 0 Å². The molecule has 0 saturated carbocycles. The van der Waals surface area contributed by atoms with Crippen LogP contribution in [-0.2, 0) is 49.6 Å². The minimum absolute atomic E-state index is 0.00979. The molecule has 1 aliphatic rings. The largest absolute Gasteiger partial charge is 0.394 e. The minimum Gasteiger partial charge on any atom is -0.394 e. The summed E-state index contributed by atoms with van der Waals surface area (Å²) >= 11 is 0. The SMILES string of the molecule is CC(=O)N[C@H](C(=O)N[C@H](CO)C(=O)N[C@H]1CCNC(=O)[C@H]([C@@H](C)O)NC(=O)[C@H](CCN)NC(=O)[C@H](CCCN)NC(=O)[C@H](CC(C)C)NC(O)[C@@H](Cc2ccccc2)NC(=O)[C@H](CCN)NC1=O)[C@@H](C)O. The van der Waals surface area contributed by atoms with Gasteiger partial charge in [-0.15, -0.1) is 0 Å². The summed E-state index contributed by atoms with van der Waals surface area (Å²) in [6, 6.07) is -4.40. The van der Waals surface area contributed by atoms with Crippen molar-refractivity contribution < 1.29 is 63.6 Å². The summed E-state index contributed by atoms with van der Waals surface area (Å²) in [5.41, 5.74) is 18.1. The van der Waals surface area contributed by atoms with Crippen LogP contribution in [0.5, 0.6) is 0 Å². The van der Waals surface area contributed by atoms with Gasteiger partial charge in [0.2, 0.25) is 53.2 Å². The molecule has 0 bridgehead atoms. The topological polar surface area (TPSA) is 433 Å². The van der Waals surface area contributed by atoms with Gasteiger partial charge in [0.25, 0.3) is 0 Å². The monoisotopic (exact) mass is 1010 g/mol. The number of nitrogens with one attached hydrogen (secondary N) is 10. The van der Waals surface area contributed by atoms with Gasteiger partial charge in [-0.2, -0.15) is 0 Å². The normalized spacial score (nSPS) is 25.4. The molecule has 400 valence electrons. The molecule has 12 atom stereocenters. The smallest absolute Gasteiger partial charge is 0.245 e. The second-order valence-electron chi connectivity index (χ2n) is 17.9. The zero-order chi connectivity index (χ0) is 53.4. The molecule has 1 saturated heterocycles. The summed E-state index contributed by atoms with van der Waals surface area (Å²) in [4.78, 5) is 122. The van der Waals surface area contributed by atoms with E-state index in [4.69, 9.17) is 17.2 Å². The first-order valence-corrected chi connectivity index (χ1v) is 23.8. The molecule has 0 spiro atoms. The van der Waals surface area contributed by atoms with Crippen molar-refractivity contribution >= 4 is 53.2 Å². The lowest BCUT2D eigenvalue weighted by Gasteiger charge is -2.32. The number of nitrogens with two attached hydrogens (primary N) is 3. The van der Waals surface area contributed by atoms with Crippen molar-refractivity contribution in [3.63, 3.8) is 0 Å². The highest BCUT2D eigenvalue weighted by atomic mass is 16.3. The summed E-state index contributed by atoms with van der Waals surface area (Å²) in [6.45, 7) is 5.48. The van der Waals surface area contributed by atoms with E-state index >= 15 is 0 Å². The number of benzene rings is 1. The molecule has 9 amide bonds. The van der Waals surface area contributed by atoms with E-state index in [0.29, 0.717) is 5.56 Å². The van der Waals surface area contributed by atoms with Crippen LogP contribution < -0.4 is 70.4 Å². The van der Waals surface area contributed by atoms with Crippen molar-refractivity contribution in [2.24, 2.45) is 23.1 Å².